The monoisotopic (exact) mass is 281 g/mol. The van der Waals surface area contributed by atoms with Crippen molar-refractivity contribution >= 4 is 17.6 Å². The molecule has 0 spiro atoms. The van der Waals surface area contributed by atoms with Crippen LogP contribution in [0.4, 0.5) is 0 Å². The van der Waals surface area contributed by atoms with Crippen LogP contribution in [-0.2, 0) is 0 Å². The van der Waals surface area contributed by atoms with Gasteiger partial charge in [0.2, 0.25) is 0 Å². The van der Waals surface area contributed by atoms with E-state index >= 15 is 0 Å². The van der Waals surface area contributed by atoms with Crippen LogP contribution in [-0.4, -0.2) is 32.7 Å². The lowest BCUT2D eigenvalue weighted by molar-refractivity contribution is 0.322. The minimum absolute atomic E-state index is 0.574. The van der Waals surface area contributed by atoms with Crippen LogP contribution in [0.3, 0.4) is 0 Å². The number of halogens is 1. The molecule has 5 heteroatoms. The average molecular weight is 282 g/mol. The largest absolute Gasteiger partial charge is 0.492 e. The average Bonchev–Trinajstić information content (AvgIpc) is 3.22. The van der Waals surface area contributed by atoms with E-state index in [9.17, 15) is 0 Å². The Hall–Kier alpha value is -1.42. The van der Waals surface area contributed by atoms with Gasteiger partial charge in [0.15, 0.2) is 5.96 Å². The van der Waals surface area contributed by atoms with Crippen LogP contribution in [0.25, 0.3) is 0 Å². The van der Waals surface area contributed by atoms with Crippen molar-refractivity contribution in [2.45, 2.75) is 12.8 Å². The molecule has 0 bridgehead atoms. The molecule has 1 aromatic carbocycles. The molecule has 1 aromatic rings. The zero-order chi connectivity index (χ0) is 13.5. The van der Waals surface area contributed by atoms with Gasteiger partial charge >= 0.3 is 0 Å². The number of hydrogen-bond donors (Lipinski definition) is 2. The summed E-state index contributed by atoms with van der Waals surface area (Å²) in [5.74, 6) is 2.46. The Labute approximate surface area is 119 Å². The second-order valence-corrected chi connectivity index (χ2v) is 5.07. The molecule has 19 heavy (non-hydrogen) atoms. The number of nitrogens with one attached hydrogen (secondary N) is 2. The van der Waals surface area contributed by atoms with Crippen molar-refractivity contribution in [3.63, 3.8) is 0 Å². The smallest absolute Gasteiger partial charge is 0.191 e. The van der Waals surface area contributed by atoms with Gasteiger partial charge in [0.1, 0.15) is 12.4 Å². The van der Waals surface area contributed by atoms with E-state index < -0.39 is 0 Å². The second-order valence-electron chi connectivity index (χ2n) is 4.63. The first-order valence-electron chi connectivity index (χ1n) is 6.61. The van der Waals surface area contributed by atoms with E-state index in [2.05, 4.69) is 15.6 Å². The van der Waals surface area contributed by atoms with Gasteiger partial charge in [-0.25, -0.2) is 0 Å². The van der Waals surface area contributed by atoms with Crippen LogP contribution in [0.5, 0.6) is 5.75 Å². The SMILES string of the molecule is CN=C(NCCOc1cccc(Cl)c1)NCC1CC1. The Morgan fingerprint density at radius 3 is 2.95 bits per heavy atom. The van der Waals surface area contributed by atoms with E-state index in [1.807, 2.05) is 24.3 Å². The van der Waals surface area contributed by atoms with Crippen LogP contribution < -0.4 is 15.4 Å². The summed E-state index contributed by atoms with van der Waals surface area (Å²) in [6.45, 7) is 2.29. The third kappa shape index (κ3) is 5.39. The summed E-state index contributed by atoms with van der Waals surface area (Å²) >= 11 is 5.88. The van der Waals surface area contributed by atoms with Gasteiger partial charge in [0, 0.05) is 18.6 Å². The van der Waals surface area contributed by atoms with Crippen LogP contribution in [0, 0.1) is 5.92 Å². The molecule has 104 valence electrons. The lowest BCUT2D eigenvalue weighted by Gasteiger charge is -2.12. The van der Waals surface area contributed by atoms with Crippen molar-refractivity contribution in [1.82, 2.24) is 10.6 Å². The minimum atomic E-state index is 0.574. The van der Waals surface area contributed by atoms with Gasteiger partial charge < -0.3 is 15.4 Å². The molecular weight excluding hydrogens is 262 g/mol. The topological polar surface area (TPSA) is 45.7 Å². The molecule has 0 atom stereocenters. The molecule has 1 saturated carbocycles. The number of nitrogens with zero attached hydrogens (tertiary/aromatic N) is 1. The van der Waals surface area contributed by atoms with Crippen molar-refractivity contribution in [3.8, 4) is 5.75 Å². The van der Waals surface area contributed by atoms with Gasteiger partial charge in [0.05, 0.1) is 6.54 Å². The Kier molecular flexibility index (Phi) is 5.33. The molecule has 0 aromatic heterocycles. The third-order valence-corrected chi connectivity index (χ3v) is 3.17. The highest BCUT2D eigenvalue weighted by atomic mass is 35.5. The summed E-state index contributed by atoms with van der Waals surface area (Å²) in [5, 5.41) is 7.21. The molecule has 0 unspecified atom stereocenters. The number of guanidine groups is 1. The highest BCUT2D eigenvalue weighted by Crippen LogP contribution is 2.27. The van der Waals surface area contributed by atoms with Crippen molar-refractivity contribution in [3.05, 3.63) is 29.3 Å². The number of rotatable bonds is 6. The standard InChI is InChI=1S/C14H20ClN3O/c1-16-14(18-10-11-5-6-11)17-7-8-19-13-4-2-3-12(15)9-13/h2-4,9,11H,5-8,10H2,1H3,(H2,16,17,18). The molecule has 2 rings (SSSR count). The summed E-state index contributed by atoms with van der Waals surface area (Å²) in [6.07, 6.45) is 2.67. The molecule has 0 radical (unpaired) electrons. The van der Waals surface area contributed by atoms with E-state index in [1.165, 1.54) is 12.8 Å². The highest BCUT2D eigenvalue weighted by molar-refractivity contribution is 6.30. The third-order valence-electron chi connectivity index (χ3n) is 2.94. The van der Waals surface area contributed by atoms with Crippen molar-refractivity contribution < 1.29 is 4.74 Å². The van der Waals surface area contributed by atoms with Gasteiger partial charge in [-0.15, -0.1) is 0 Å². The fraction of sp³-hybridized carbons (Fsp3) is 0.500. The molecule has 4 nitrogen and oxygen atoms in total. The van der Waals surface area contributed by atoms with Crippen molar-refractivity contribution in [2.24, 2.45) is 10.9 Å². The first-order valence-corrected chi connectivity index (χ1v) is 6.98. The second kappa shape index (κ2) is 7.24. The van der Waals surface area contributed by atoms with E-state index in [1.54, 1.807) is 7.05 Å². The molecule has 1 fully saturated rings. The van der Waals surface area contributed by atoms with Gasteiger partial charge in [-0.1, -0.05) is 17.7 Å². The van der Waals surface area contributed by atoms with E-state index in [0.29, 0.717) is 18.2 Å². The Balaban J connectivity index is 1.62. The number of aliphatic imine (C=N–C) groups is 1. The normalized spacial score (nSPS) is 15.2. The molecule has 1 aliphatic carbocycles. The summed E-state index contributed by atoms with van der Waals surface area (Å²) in [7, 11) is 1.78. The predicted molar refractivity (Wildman–Crippen MR) is 79.0 cm³/mol. The maximum Gasteiger partial charge on any atom is 0.191 e. The quantitative estimate of drug-likeness (QED) is 0.478. The first kappa shape index (κ1) is 14.0. The van der Waals surface area contributed by atoms with Crippen LogP contribution in [0.15, 0.2) is 29.3 Å². The number of hydrogen-bond acceptors (Lipinski definition) is 2. The zero-order valence-corrected chi connectivity index (χ0v) is 11.9. The van der Waals surface area contributed by atoms with Gasteiger partial charge in [0.25, 0.3) is 0 Å². The molecule has 2 N–H and O–H groups in total. The molecule has 0 saturated heterocycles. The maximum absolute atomic E-state index is 5.88. The predicted octanol–water partition coefficient (Wildman–Crippen LogP) is 2.29. The van der Waals surface area contributed by atoms with Crippen molar-refractivity contribution in [1.29, 1.82) is 0 Å². The first-order chi connectivity index (χ1) is 9.28. The molecule has 0 aliphatic heterocycles. The van der Waals surface area contributed by atoms with E-state index in [4.69, 9.17) is 16.3 Å². The van der Waals surface area contributed by atoms with Crippen LogP contribution in [0.2, 0.25) is 5.02 Å². The molecule has 1 aliphatic rings. The summed E-state index contributed by atoms with van der Waals surface area (Å²) in [4.78, 5) is 4.16. The molecular formula is C14H20ClN3O. The fourth-order valence-electron chi connectivity index (χ4n) is 1.68. The van der Waals surface area contributed by atoms with Crippen LogP contribution in [0.1, 0.15) is 12.8 Å². The number of benzene rings is 1. The zero-order valence-electron chi connectivity index (χ0n) is 11.2. The van der Waals surface area contributed by atoms with E-state index in [-0.39, 0.29) is 0 Å². The highest BCUT2D eigenvalue weighted by Gasteiger charge is 2.20. The Morgan fingerprint density at radius 2 is 2.26 bits per heavy atom. The minimum Gasteiger partial charge on any atom is -0.492 e. The van der Waals surface area contributed by atoms with Gasteiger partial charge in [-0.3, -0.25) is 4.99 Å². The summed E-state index contributed by atoms with van der Waals surface area (Å²) in [5.41, 5.74) is 0. The Morgan fingerprint density at radius 1 is 1.42 bits per heavy atom. The van der Waals surface area contributed by atoms with Crippen LogP contribution >= 0.6 is 11.6 Å². The van der Waals surface area contributed by atoms with Crippen molar-refractivity contribution in [2.75, 3.05) is 26.7 Å². The summed E-state index contributed by atoms with van der Waals surface area (Å²) in [6, 6.07) is 7.41. The van der Waals surface area contributed by atoms with E-state index in [0.717, 1.165) is 24.2 Å². The lowest BCUT2D eigenvalue weighted by Crippen LogP contribution is -2.40. The van der Waals surface area contributed by atoms with Gasteiger partial charge in [-0.05, 0) is 37.0 Å². The molecule has 0 heterocycles. The lowest BCUT2D eigenvalue weighted by atomic mass is 10.3. The maximum atomic E-state index is 5.88. The molecule has 0 amide bonds. The van der Waals surface area contributed by atoms with Gasteiger partial charge in [-0.2, -0.15) is 0 Å². The Bertz CT molecular complexity index is 432. The number of ether oxygens (including phenoxy) is 1. The summed E-state index contributed by atoms with van der Waals surface area (Å²) < 4.78 is 5.59. The fourth-order valence-corrected chi connectivity index (χ4v) is 1.86.